The standard InChI is InChI=1S/C15H13N2O3/c16-17-13-7-5-12(6-8-13)15(20)14(19)11-3-1-10(9-18)2-4-11/h1-8,15,18,20H,9H2/q+1. The van der Waals surface area contributed by atoms with Crippen molar-refractivity contribution in [3.63, 3.8) is 0 Å². The lowest BCUT2D eigenvalue weighted by molar-refractivity contribution is 0.0747. The maximum Gasteiger partial charge on any atom is 0.385 e. The number of rotatable bonds is 4. The number of hydrogen-bond donors (Lipinski definition) is 2. The van der Waals surface area contributed by atoms with Gasteiger partial charge in [0.25, 0.3) is 0 Å². The smallest absolute Gasteiger partial charge is 0.385 e. The molecule has 0 aliphatic rings. The number of aliphatic hydroxyl groups excluding tert-OH is 2. The molecule has 0 aliphatic carbocycles. The zero-order valence-electron chi connectivity index (χ0n) is 10.6. The SMILES string of the molecule is N#[N+]c1ccc(C(O)C(=O)c2ccc(CO)cc2)cc1. The van der Waals surface area contributed by atoms with Gasteiger partial charge in [-0.25, -0.2) is 0 Å². The molecule has 0 radical (unpaired) electrons. The van der Waals surface area contributed by atoms with Crippen LogP contribution in [0.15, 0.2) is 48.5 Å². The van der Waals surface area contributed by atoms with Crippen molar-refractivity contribution in [2.45, 2.75) is 12.7 Å². The maximum atomic E-state index is 12.1. The summed E-state index contributed by atoms with van der Waals surface area (Å²) in [6.07, 6.45) is -1.28. The molecule has 1 atom stereocenters. The van der Waals surface area contributed by atoms with Gasteiger partial charge < -0.3 is 10.2 Å². The molecule has 0 fully saturated rings. The summed E-state index contributed by atoms with van der Waals surface area (Å²) in [6, 6.07) is 12.4. The molecule has 1 unspecified atom stereocenters. The molecule has 5 nitrogen and oxygen atoms in total. The average Bonchev–Trinajstić information content (AvgIpc) is 2.53. The Balaban J connectivity index is 2.20. The van der Waals surface area contributed by atoms with Gasteiger partial charge in [-0.15, -0.1) is 0 Å². The number of hydrogen-bond acceptors (Lipinski definition) is 4. The summed E-state index contributed by atoms with van der Waals surface area (Å²) in [7, 11) is 0. The zero-order valence-corrected chi connectivity index (χ0v) is 10.6. The van der Waals surface area contributed by atoms with Crippen molar-refractivity contribution in [2.24, 2.45) is 0 Å². The van der Waals surface area contributed by atoms with Gasteiger partial charge in [0.2, 0.25) is 5.39 Å². The van der Waals surface area contributed by atoms with E-state index in [-0.39, 0.29) is 6.61 Å². The predicted molar refractivity (Wildman–Crippen MR) is 72.8 cm³/mol. The van der Waals surface area contributed by atoms with Gasteiger partial charge in [-0.05, 0) is 23.3 Å². The normalized spacial score (nSPS) is 11.7. The predicted octanol–water partition coefficient (Wildman–Crippen LogP) is 2.58. The Morgan fingerprint density at radius 3 is 2.20 bits per heavy atom. The molecule has 0 aromatic heterocycles. The van der Waals surface area contributed by atoms with Gasteiger partial charge in [0.1, 0.15) is 6.10 Å². The van der Waals surface area contributed by atoms with Crippen molar-refractivity contribution in [3.8, 4) is 0 Å². The Bertz CT molecular complexity index is 642. The summed E-state index contributed by atoms with van der Waals surface area (Å²) in [5, 5.41) is 27.6. The van der Waals surface area contributed by atoms with Crippen LogP contribution in [-0.4, -0.2) is 16.0 Å². The molecular formula is C15H13N2O3+. The van der Waals surface area contributed by atoms with Crippen LogP contribution >= 0.6 is 0 Å². The number of ketones is 1. The Kier molecular flexibility index (Phi) is 4.20. The molecule has 0 heterocycles. The summed E-state index contributed by atoms with van der Waals surface area (Å²) < 4.78 is 0. The Morgan fingerprint density at radius 2 is 1.70 bits per heavy atom. The number of nitrogens with zero attached hydrogens (tertiary/aromatic N) is 2. The topological polar surface area (TPSA) is 85.7 Å². The molecule has 0 aliphatic heterocycles. The summed E-state index contributed by atoms with van der Waals surface area (Å²) in [5.74, 6) is -0.428. The monoisotopic (exact) mass is 269 g/mol. The molecule has 0 spiro atoms. The van der Waals surface area contributed by atoms with Crippen LogP contribution in [-0.2, 0) is 6.61 Å². The second-order valence-electron chi connectivity index (χ2n) is 4.31. The van der Waals surface area contributed by atoms with Gasteiger partial charge in [0.05, 0.1) is 6.61 Å². The van der Waals surface area contributed by atoms with Gasteiger partial charge >= 0.3 is 5.69 Å². The quantitative estimate of drug-likeness (QED) is 0.659. The van der Waals surface area contributed by atoms with E-state index in [1.807, 2.05) is 0 Å². The molecule has 100 valence electrons. The third-order valence-electron chi connectivity index (χ3n) is 2.99. The summed E-state index contributed by atoms with van der Waals surface area (Å²) >= 11 is 0. The number of benzene rings is 2. The first-order valence-electron chi connectivity index (χ1n) is 6.03. The molecule has 20 heavy (non-hydrogen) atoms. The zero-order chi connectivity index (χ0) is 14.5. The van der Waals surface area contributed by atoms with Gasteiger partial charge in [-0.2, -0.15) is 0 Å². The molecule has 2 aromatic rings. The highest BCUT2D eigenvalue weighted by Crippen LogP contribution is 2.21. The second-order valence-corrected chi connectivity index (χ2v) is 4.31. The van der Waals surface area contributed by atoms with E-state index >= 15 is 0 Å². The van der Waals surface area contributed by atoms with Crippen molar-refractivity contribution in [3.05, 3.63) is 70.2 Å². The van der Waals surface area contributed by atoms with E-state index in [1.165, 1.54) is 24.3 Å². The minimum Gasteiger partial charge on any atom is -0.392 e. The molecular weight excluding hydrogens is 256 g/mol. The first-order valence-corrected chi connectivity index (χ1v) is 6.03. The minimum absolute atomic E-state index is 0.0941. The molecule has 0 saturated carbocycles. The average molecular weight is 269 g/mol. The van der Waals surface area contributed by atoms with E-state index < -0.39 is 11.9 Å². The lowest BCUT2D eigenvalue weighted by Gasteiger charge is -2.09. The lowest BCUT2D eigenvalue weighted by Crippen LogP contribution is -2.12. The van der Waals surface area contributed by atoms with Gasteiger partial charge in [-0.3, -0.25) is 4.79 Å². The lowest BCUT2D eigenvalue weighted by atomic mass is 9.99. The van der Waals surface area contributed by atoms with E-state index in [0.717, 1.165) is 0 Å². The molecule has 2 N–H and O–H groups in total. The summed E-state index contributed by atoms with van der Waals surface area (Å²) in [4.78, 5) is 15.1. The fourth-order valence-corrected chi connectivity index (χ4v) is 1.81. The van der Waals surface area contributed by atoms with Gasteiger partial charge in [0, 0.05) is 17.7 Å². The molecule has 0 amide bonds. The Hall–Kier alpha value is -2.55. The van der Waals surface area contributed by atoms with Crippen molar-refractivity contribution in [1.82, 2.24) is 0 Å². The van der Waals surface area contributed by atoms with E-state index in [1.54, 1.807) is 24.3 Å². The molecule has 2 aromatic carbocycles. The van der Waals surface area contributed by atoms with Crippen LogP contribution in [0.3, 0.4) is 0 Å². The number of carbonyl (C=O) groups is 1. The largest absolute Gasteiger partial charge is 0.392 e. The van der Waals surface area contributed by atoms with Crippen molar-refractivity contribution >= 4 is 11.5 Å². The van der Waals surface area contributed by atoms with E-state index in [2.05, 4.69) is 4.98 Å². The highest BCUT2D eigenvalue weighted by Gasteiger charge is 2.20. The van der Waals surface area contributed by atoms with Crippen molar-refractivity contribution in [1.29, 1.82) is 5.39 Å². The third-order valence-corrected chi connectivity index (χ3v) is 2.99. The van der Waals surface area contributed by atoms with E-state index in [0.29, 0.717) is 22.4 Å². The van der Waals surface area contributed by atoms with Crippen LogP contribution in [0.2, 0.25) is 0 Å². The number of aliphatic hydroxyl groups is 2. The molecule has 5 heteroatoms. The number of Topliss-reactive ketones (excluding diaryl/α,β-unsaturated/α-hetero) is 1. The summed E-state index contributed by atoms with van der Waals surface area (Å²) in [5.41, 5.74) is 1.84. The van der Waals surface area contributed by atoms with Crippen molar-refractivity contribution in [2.75, 3.05) is 0 Å². The molecule has 2 rings (SSSR count). The van der Waals surface area contributed by atoms with E-state index in [9.17, 15) is 9.90 Å². The van der Waals surface area contributed by atoms with Crippen molar-refractivity contribution < 1.29 is 15.0 Å². The van der Waals surface area contributed by atoms with Gasteiger partial charge in [0.15, 0.2) is 10.8 Å². The fraction of sp³-hybridized carbons (Fsp3) is 0.133. The first kappa shape index (κ1) is 13.9. The molecule has 0 bridgehead atoms. The van der Waals surface area contributed by atoms with Crippen LogP contribution in [0.4, 0.5) is 5.69 Å². The number of diazo groups is 1. The fourth-order valence-electron chi connectivity index (χ4n) is 1.81. The Morgan fingerprint density at radius 1 is 1.10 bits per heavy atom. The number of carbonyl (C=O) groups excluding carboxylic acids is 1. The minimum atomic E-state index is -1.28. The van der Waals surface area contributed by atoms with Crippen LogP contribution in [0.25, 0.3) is 4.98 Å². The first-order chi connectivity index (χ1) is 9.65. The summed E-state index contributed by atoms with van der Waals surface area (Å²) in [6.45, 7) is -0.0941. The Labute approximate surface area is 115 Å². The van der Waals surface area contributed by atoms with Crippen LogP contribution in [0.1, 0.15) is 27.6 Å². The van der Waals surface area contributed by atoms with E-state index in [4.69, 9.17) is 10.5 Å². The van der Waals surface area contributed by atoms with Crippen LogP contribution in [0.5, 0.6) is 0 Å². The molecule has 0 saturated heterocycles. The maximum absolute atomic E-state index is 12.1. The van der Waals surface area contributed by atoms with Crippen LogP contribution in [0, 0.1) is 5.39 Å². The second kappa shape index (κ2) is 6.06. The highest BCUT2D eigenvalue weighted by atomic mass is 16.3. The van der Waals surface area contributed by atoms with Crippen LogP contribution < -0.4 is 0 Å². The third kappa shape index (κ3) is 2.88. The van der Waals surface area contributed by atoms with Gasteiger partial charge in [-0.1, -0.05) is 24.3 Å². The highest BCUT2D eigenvalue weighted by molar-refractivity contribution is 5.99.